The standard InChI is InChI=1S/C15H19ClN2O2/c1-17-12(9-15(19)18-6-2-3-7-18)10-20-14-5-4-11(16)8-13(14)17/h4-5,8,12H,2-3,6-7,9-10H2,1H3. The number of ether oxygens (including phenoxy) is 1. The fraction of sp³-hybridized carbons (Fsp3) is 0.533. The summed E-state index contributed by atoms with van der Waals surface area (Å²) in [7, 11) is 2.00. The van der Waals surface area contributed by atoms with E-state index in [1.165, 1.54) is 0 Å². The third-order valence-corrected chi connectivity index (χ3v) is 4.38. The number of carbonyl (C=O) groups excluding carboxylic acids is 1. The van der Waals surface area contributed by atoms with E-state index in [1.54, 1.807) is 0 Å². The van der Waals surface area contributed by atoms with Gasteiger partial charge in [-0.15, -0.1) is 0 Å². The largest absolute Gasteiger partial charge is 0.489 e. The predicted octanol–water partition coefficient (Wildman–Crippen LogP) is 2.55. The molecule has 0 spiro atoms. The van der Waals surface area contributed by atoms with Crippen LogP contribution in [0.2, 0.25) is 5.02 Å². The third kappa shape index (κ3) is 2.57. The van der Waals surface area contributed by atoms with E-state index in [1.807, 2.05) is 30.1 Å². The Balaban J connectivity index is 1.71. The Morgan fingerprint density at radius 1 is 1.40 bits per heavy atom. The summed E-state index contributed by atoms with van der Waals surface area (Å²) in [4.78, 5) is 16.3. The Bertz CT molecular complexity index is 515. The Kier molecular flexibility index (Phi) is 3.74. The van der Waals surface area contributed by atoms with Crippen molar-refractivity contribution in [3.05, 3.63) is 23.2 Å². The van der Waals surface area contributed by atoms with Crippen molar-refractivity contribution >= 4 is 23.2 Å². The second-order valence-corrected chi connectivity index (χ2v) is 5.92. The van der Waals surface area contributed by atoms with Crippen LogP contribution in [0.4, 0.5) is 5.69 Å². The van der Waals surface area contributed by atoms with Crippen LogP contribution < -0.4 is 9.64 Å². The second kappa shape index (κ2) is 5.52. The summed E-state index contributed by atoms with van der Waals surface area (Å²) >= 11 is 6.04. The molecule has 1 fully saturated rings. The van der Waals surface area contributed by atoms with Gasteiger partial charge in [0.15, 0.2) is 0 Å². The number of hydrogen-bond donors (Lipinski definition) is 0. The number of hydrogen-bond acceptors (Lipinski definition) is 3. The molecule has 1 atom stereocenters. The van der Waals surface area contributed by atoms with Gasteiger partial charge in [0.2, 0.25) is 5.91 Å². The molecule has 20 heavy (non-hydrogen) atoms. The highest BCUT2D eigenvalue weighted by molar-refractivity contribution is 6.30. The van der Waals surface area contributed by atoms with Crippen LogP contribution in [0.5, 0.6) is 5.75 Å². The molecule has 0 aliphatic carbocycles. The molecular weight excluding hydrogens is 276 g/mol. The summed E-state index contributed by atoms with van der Waals surface area (Å²) in [6.07, 6.45) is 2.75. The van der Waals surface area contributed by atoms with Crippen LogP contribution in [0, 0.1) is 0 Å². The zero-order valence-electron chi connectivity index (χ0n) is 11.6. The quantitative estimate of drug-likeness (QED) is 0.840. The molecule has 0 bridgehead atoms. The van der Waals surface area contributed by atoms with Gasteiger partial charge in [-0.25, -0.2) is 0 Å². The maximum absolute atomic E-state index is 12.3. The Labute approximate surface area is 124 Å². The molecule has 5 heteroatoms. The lowest BCUT2D eigenvalue weighted by Gasteiger charge is -2.36. The van der Waals surface area contributed by atoms with Gasteiger partial charge in [0.05, 0.1) is 18.2 Å². The smallest absolute Gasteiger partial charge is 0.224 e. The zero-order chi connectivity index (χ0) is 14.1. The van der Waals surface area contributed by atoms with E-state index in [9.17, 15) is 4.79 Å². The highest BCUT2D eigenvalue weighted by Crippen LogP contribution is 2.35. The normalized spacial score (nSPS) is 21.6. The Morgan fingerprint density at radius 3 is 2.90 bits per heavy atom. The predicted molar refractivity (Wildman–Crippen MR) is 79.6 cm³/mol. The molecule has 1 unspecified atom stereocenters. The molecule has 3 rings (SSSR count). The highest BCUT2D eigenvalue weighted by atomic mass is 35.5. The summed E-state index contributed by atoms with van der Waals surface area (Å²) in [5, 5.41) is 0.686. The van der Waals surface area contributed by atoms with E-state index in [-0.39, 0.29) is 11.9 Å². The Hall–Kier alpha value is -1.42. The SMILES string of the molecule is CN1c2cc(Cl)ccc2OCC1CC(=O)N1CCCC1. The lowest BCUT2D eigenvalue weighted by molar-refractivity contribution is -0.130. The highest BCUT2D eigenvalue weighted by Gasteiger charge is 2.29. The topological polar surface area (TPSA) is 32.8 Å². The van der Waals surface area contributed by atoms with E-state index < -0.39 is 0 Å². The molecule has 0 N–H and O–H groups in total. The van der Waals surface area contributed by atoms with Crippen molar-refractivity contribution in [1.29, 1.82) is 0 Å². The van der Waals surface area contributed by atoms with E-state index >= 15 is 0 Å². The lowest BCUT2D eigenvalue weighted by Crippen LogP contribution is -2.44. The molecule has 2 aliphatic heterocycles. The van der Waals surface area contributed by atoms with Crippen LogP contribution in [-0.2, 0) is 4.79 Å². The van der Waals surface area contributed by atoms with Crippen molar-refractivity contribution in [2.45, 2.75) is 25.3 Å². The van der Waals surface area contributed by atoms with Crippen LogP contribution in [-0.4, -0.2) is 43.6 Å². The first kappa shape index (κ1) is 13.6. The van der Waals surface area contributed by atoms with Crippen molar-refractivity contribution in [1.82, 2.24) is 4.90 Å². The van der Waals surface area contributed by atoms with Crippen molar-refractivity contribution in [2.24, 2.45) is 0 Å². The average Bonchev–Trinajstić information content (AvgIpc) is 2.96. The maximum Gasteiger partial charge on any atom is 0.224 e. The van der Waals surface area contributed by atoms with Gasteiger partial charge in [0.1, 0.15) is 12.4 Å². The van der Waals surface area contributed by atoms with Gasteiger partial charge >= 0.3 is 0 Å². The molecule has 1 amide bonds. The minimum absolute atomic E-state index is 0.0778. The van der Waals surface area contributed by atoms with Gasteiger partial charge in [-0.1, -0.05) is 11.6 Å². The molecule has 4 nitrogen and oxygen atoms in total. The van der Waals surface area contributed by atoms with E-state index in [0.29, 0.717) is 18.1 Å². The van der Waals surface area contributed by atoms with Gasteiger partial charge in [-0.05, 0) is 31.0 Å². The maximum atomic E-state index is 12.3. The van der Waals surface area contributed by atoms with Crippen LogP contribution >= 0.6 is 11.6 Å². The third-order valence-electron chi connectivity index (χ3n) is 4.15. The summed E-state index contributed by atoms with van der Waals surface area (Å²) in [6, 6.07) is 5.68. The molecule has 2 aliphatic rings. The van der Waals surface area contributed by atoms with Gasteiger partial charge in [-0.2, -0.15) is 0 Å². The number of amides is 1. The summed E-state index contributed by atoms with van der Waals surface area (Å²) in [5.41, 5.74) is 0.961. The first-order chi connectivity index (χ1) is 9.65. The average molecular weight is 295 g/mol. The van der Waals surface area contributed by atoms with Crippen LogP contribution in [0.3, 0.4) is 0 Å². The van der Waals surface area contributed by atoms with Crippen LogP contribution in [0.1, 0.15) is 19.3 Å². The minimum atomic E-state index is 0.0778. The first-order valence-electron chi connectivity index (χ1n) is 7.08. The lowest BCUT2D eigenvalue weighted by atomic mass is 10.1. The number of likely N-dealkylation sites (N-methyl/N-ethyl adjacent to an activating group) is 1. The summed E-state index contributed by atoms with van der Waals surface area (Å²) < 4.78 is 5.75. The number of halogens is 1. The molecule has 108 valence electrons. The van der Waals surface area contributed by atoms with Crippen molar-refractivity contribution < 1.29 is 9.53 Å². The second-order valence-electron chi connectivity index (χ2n) is 5.48. The van der Waals surface area contributed by atoms with Crippen LogP contribution in [0.15, 0.2) is 18.2 Å². The minimum Gasteiger partial charge on any atom is -0.489 e. The van der Waals surface area contributed by atoms with Crippen LogP contribution in [0.25, 0.3) is 0 Å². The summed E-state index contributed by atoms with van der Waals surface area (Å²) in [5.74, 6) is 1.06. The number of anilines is 1. The van der Waals surface area contributed by atoms with Gasteiger partial charge < -0.3 is 14.5 Å². The Morgan fingerprint density at radius 2 is 2.15 bits per heavy atom. The number of nitrogens with zero attached hydrogens (tertiary/aromatic N) is 2. The van der Waals surface area contributed by atoms with Crippen molar-refractivity contribution in [3.8, 4) is 5.75 Å². The van der Waals surface area contributed by atoms with E-state index in [4.69, 9.17) is 16.3 Å². The summed E-state index contributed by atoms with van der Waals surface area (Å²) in [6.45, 7) is 2.35. The van der Waals surface area contributed by atoms with E-state index in [2.05, 4.69) is 4.90 Å². The number of fused-ring (bicyclic) bond motifs is 1. The molecule has 2 heterocycles. The fourth-order valence-corrected chi connectivity index (χ4v) is 3.04. The molecule has 0 saturated carbocycles. The molecule has 1 saturated heterocycles. The van der Waals surface area contributed by atoms with E-state index in [0.717, 1.165) is 37.4 Å². The number of carbonyl (C=O) groups is 1. The molecule has 1 aromatic rings. The van der Waals surface area contributed by atoms with Gasteiger partial charge in [0.25, 0.3) is 0 Å². The molecule has 0 radical (unpaired) electrons. The fourth-order valence-electron chi connectivity index (χ4n) is 2.88. The van der Waals surface area contributed by atoms with Gasteiger partial charge in [0, 0.05) is 25.2 Å². The first-order valence-corrected chi connectivity index (χ1v) is 7.46. The number of benzene rings is 1. The number of likely N-dealkylation sites (tertiary alicyclic amines) is 1. The molecule has 1 aromatic carbocycles. The molecular formula is C15H19ClN2O2. The van der Waals surface area contributed by atoms with Gasteiger partial charge in [-0.3, -0.25) is 4.79 Å². The van der Waals surface area contributed by atoms with Crippen molar-refractivity contribution in [3.63, 3.8) is 0 Å². The monoisotopic (exact) mass is 294 g/mol. The number of rotatable bonds is 2. The molecule has 0 aromatic heterocycles. The van der Waals surface area contributed by atoms with Crippen molar-refractivity contribution in [2.75, 3.05) is 31.6 Å². The zero-order valence-corrected chi connectivity index (χ0v) is 12.4.